The minimum absolute atomic E-state index is 0.305. The largest absolute Gasteiger partial charge is 0.462 e. The van der Waals surface area contributed by atoms with Crippen LogP contribution in [0.25, 0.3) is 10.9 Å². The predicted molar refractivity (Wildman–Crippen MR) is 88.0 cm³/mol. The summed E-state index contributed by atoms with van der Waals surface area (Å²) in [6.07, 6.45) is 2.66. The van der Waals surface area contributed by atoms with Crippen molar-refractivity contribution < 1.29 is 9.53 Å². The van der Waals surface area contributed by atoms with Crippen molar-refractivity contribution in [2.75, 3.05) is 6.61 Å². The summed E-state index contributed by atoms with van der Waals surface area (Å²) in [4.78, 5) is 11.8. The second-order valence-corrected chi connectivity index (χ2v) is 5.22. The van der Waals surface area contributed by atoms with Crippen molar-refractivity contribution >= 4 is 16.9 Å². The Hall–Kier alpha value is -3.06. The van der Waals surface area contributed by atoms with Crippen LogP contribution in [0.1, 0.15) is 22.3 Å². The summed E-state index contributed by atoms with van der Waals surface area (Å²) in [5.74, 6) is -0.305. The standard InChI is InChI=1S/C19H16N2O2/c20-14-17-9-4-8-15-10-12-21(18(15)17)11-5-13-23-19(22)16-6-2-1-3-7-16/h1-4,6-10,12H,5,11,13H2. The maximum atomic E-state index is 11.8. The van der Waals surface area contributed by atoms with Crippen molar-refractivity contribution in [3.63, 3.8) is 0 Å². The highest BCUT2D eigenvalue weighted by Gasteiger charge is 2.08. The summed E-state index contributed by atoms with van der Waals surface area (Å²) in [6, 6.07) is 18.9. The molecule has 3 rings (SSSR count). The van der Waals surface area contributed by atoms with Crippen LogP contribution in [0.15, 0.2) is 60.8 Å². The zero-order chi connectivity index (χ0) is 16.1. The van der Waals surface area contributed by atoms with Crippen LogP contribution in [0.5, 0.6) is 0 Å². The highest BCUT2D eigenvalue weighted by atomic mass is 16.5. The fraction of sp³-hybridized carbons (Fsp3) is 0.158. The van der Waals surface area contributed by atoms with E-state index in [0.717, 1.165) is 10.9 Å². The van der Waals surface area contributed by atoms with E-state index in [-0.39, 0.29) is 5.97 Å². The first-order valence-electron chi connectivity index (χ1n) is 7.50. The van der Waals surface area contributed by atoms with Crippen LogP contribution in [-0.4, -0.2) is 17.1 Å². The highest BCUT2D eigenvalue weighted by Crippen LogP contribution is 2.20. The Bertz CT molecular complexity index is 860. The van der Waals surface area contributed by atoms with Gasteiger partial charge in [0.2, 0.25) is 0 Å². The number of para-hydroxylation sites is 1. The van der Waals surface area contributed by atoms with E-state index in [1.54, 1.807) is 12.1 Å². The number of nitrogens with zero attached hydrogens (tertiary/aromatic N) is 2. The molecule has 0 aliphatic heterocycles. The van der Waals surface area contributed by atoms with Gasteiger partial charge in [-0.2, -0.15) is 5.26 Å². The molecule has 2 aromatic carbocycles. The fourth-order valence-corrected chi connectivity index (χ4v) is 2.60. The average molecular weight is 304 g/mol. The lowest BCUT2D eigenvalue weighted by molar-refractivity contribution is 0.0496. The maximum absolute atomic E-state index is 11.8. The molecule has 0 atom stereocenters. The summed E-state index contributed by atoms with van der Waals surface area (Å²) < 4.78 is 7.31. The highest BCUT2D eigenvalue weighted by molar-refractivity contribution is 5.89. The molecule has 0 spiro atoms. The van der Waals surface area contributed by atoms with E-state index in [2.05, 4.69) is 6.07 Å². The van der Waals surface area contributed by atoms with Gasteiger partial charge in [-0.3, -0.25) is 0 Å². The van der Waals surface area contributed by atoms with Crippen molar-refractivity contribution in [2.24, 2.45) is 0 Å². The van der Waals surface area contributed by atoms with E-state index >= 15 is 0 Å². The molecule has 3 aromatic rings. The van der Waals surface area contributed by atoms with Crippen LogP contribution in [0.3, 0.4) is 0 Å². The Morgan fingerprint density at radius 3 is 2.70 bits per heavy atom. The van der Waals surface area contributed by atoms with Crippen molar-refractivity contribution in [2.45, 2.75) is 13.0 Å². The van der Waals surface area contributed by atoms with Gasteiger partial charge in [-0.1, -0.05) is 30.3 Å². The first-order chi connectivity index (χ1) is 11.3. The molecule has 0 amide bonds. The van der Waals surface area contributed by atoms with E-state index in [0.29, 0.717) is 30.7 Å². The number of rotatable bonds is 5. The lowest BCUT2D eigenvalue weighted by Crippen LogP contribution is -2.08. The number of benzene rings is 2. The minimum atomic E-state index is -0.305. The zero-order valence-electron chi connectivity index (χ0n) is 12.6. The van der Waals surface area contributed by atoms with E-state index in [1.165, 1.54) is 0 Å². The molecule has 0 saturated carbocycles. The molecule has 114 valence electrons. The third-order valence-electron chi connectivity index (χ3n) is 3.69. The van der Waals surface area contributed by atoms with Gasteiger partial charge in [0.25, 0.3) is 0 Å². The molecule has 0 fully saturated rings. The van der Waals surface area contributed by atoms with Gasteiger partial charge in [-0.15, -0.1) is 0 Å². The molecule has 1 aromatic heterocycles. The Kier molecular flexibility index (Phi) is 4.39. The van der Waals surface area contributed by atoms with E-state index in [1.807, 2.05) is 53.2 Å². The van der Waals surface area contributed by atoms with Crippen LogP contribution in [0, 0.1) is 11.3 Å². The van der Waals surface area contributed by atoms with Gasteiger partial charge >= 0.3 is 5.97 Å². The molecule has 0 bridgehead atoms. The number of carbonyl (C=O) groups is 1. The summed E-state index contributed by atoms with van der Waals surface area (Å²) in [5.41, 5.74) is 2.16. The number of esters is 1. The molecular formula is C19H16N2O2. The number of carbonyl (C=O) groups excluding carboxylic acids is 1. The lowest BCUT2D eigenvalue weighted by Gasteiger charge is -2.08. The normalized spacial score (nSPS) is 10.4. The summed E-state index contributed by atoms with van der Waals surface area (Å²) >= 11 is 0. The number of ether oxygens (including phenoxy) is 1. The lowest BCUT2D eigenvalue weighted by atomic mass is 10.1. The monoisotopic (exact) mass is 304 g/mol. The number of hydrogen-bond donors (Lipinski definition) is 0. The summed E-state index contributed by atoms with van der Waals surface area (Å²) in [7, 11) is 0. The number of nitriles is 1. The van der Waals surface area contributed by atoms with Gasteiger partial charge in [0, 0.05) is 18.1 Å². The van der Waals surface area contributed by atoms with Crippen LogP contribution in [-0.2, 0) is 11.3 Å². The second-order valence-electron chi connectivity index (χ2n) is 5.22. The number of aromatic nitrogens is 1. The Labute approximate surface area is 134 Å². The molecule has 23 heavy (non-hydrogen) atoms. The third kappa shape index (κ3) is 3.24. The molecule has 0 unspecified atom stereocenters. The maximum Gasteiger partial charge on any atom is 0.338 e. The molecule has 0 N–H and O–H groups in total. The topological polar surface area (TPSA) is 55.0 Å². The zero-order valence-corrected chi connectivity index (χ0v) is 12.6. The second kappa shape index (κ2) is 6.80. The van der Waals surface area contributed by atoms with E-state index in [4.69, 9.17) is 4.74 Å². The van der Waals surface area contributed by atoms with Gasteiger partial charge < -0.3 is 9.30 Å². The molecule has 0 radical (unpaired) electrons. The molecule has 0 aliphatic carbocycles. The number of hydrogen-bond acceptors (Lipinski definition) is 3. The Morgan fingerprint density at radius 1 is 1.09 bits per heavy atom. The van der Waals surface area contributed by atoms with Crippen molar-refractivity contribution in [1.82, 2.24) is 4.57 Å². The van der Waals surface area contributed by atoms with Crippen LogP contribution < -0.4 is 0 Å². The molecule has 0 aliphatic rings. The van der Waals surface area contributed by atoms with Crippen LogP contribution in [0.2, 0.25) is 0 Å². The van der Waals surface area contributed by atoms with Crippen LogP contribution >= 0.6 is 0 Å². The van der Waals surface area contributed by atoms with Crippen molar-refractivity contribution in [1.29, 1.82) is 5.26 Å². The SMILES string of the molecule is N#Cc1cccc2ccn(CCCOC(=O)c3ccccc3)c12. The quantitative estimate of drug-likeness (QED) is 0.532. The summed E-state index contributed by atoms with van der Waals surface area (Å²) in [5, 5.41) is 10.3. The van der Waals surface area contributed by atoms with E-state index in [9.17, 15) is 10.1 Å². The molecule has 4 nitrogen and oxygen atoms in total. The van der Waals surface area contributed by atoms with Gasteiger partial charge in [-0.25, -0.2) is 4.79 Å². The number of aryl methyl sites for hydroxylation is 1. The fourth-order valence-electron chi connectivity index (χ4n) is 2.60. The van der Waals surface area contributed by atoms with Crippen LogP contribution in [0.4, 0.5) is 0 Å². The van der Waals surface area contributed by atoms with Crippen molar-refractivity contribution in [3.05, 3.63) is 71.9 Å². The smallest absolute Gasteiger partial charge is 0.338 e. The minimum Gasteiger partial charge on any atom is -0.462 e. The Balaban J connectivity index is 1.60. The van der Waals surface area contributed by atoms with E-state index < -0.39 is 0 Å². The van der Waals surface area contributed by atoms with Gasteiger partial charge in [0.05, 0.1) is 23.3 Å². The molecular weight excluding hydrogens is 288 g/mol. The Morgan fingerprint density at radius 2 is 1.91 bits per heavy atom. The number of fused-ring (bicyclic) bond motifs is 1. The van der Waals surface area contributed by atoms with Gasteiger partial charge in [-0.05, 0) is 30.7 Å². The first-order valence-corrected chi connectivity index (χ1v) is 7.50. The van der Waals surface area contributed by atoms with Gasteiger partial charge in [0.15, 0.2) is 0 Å². The van der Waals surface area contributed by atoms with Crippen molar-refractivity contribution in [3.8, 4) is 6.07 Å². The van der Waals surface area contributed by atoms with Gasteiger partial charge in [0.1, 0.15) is 6.07 Å². The molecule has 1 heterocycles. The molecule has 4 heteroatoms. The first kappa shape index (κ1) is 14.9. The average Bonchev–Trinajstić information content (AvgIpc) is 3.02. The molecule has 0 saturated heterocycles. The summed E-state index contributed by atoms with van der Waals surface area (Å²) in [6.45, 7) is 1.05. The third-order valence-corrected chi connectivity index (χ3v) is 3.69. The predicted octanol–water partition coefficient (Wildman–Crippen LogP) is 3.76.